The molecule has 1 aliphatic heterocycles. The van der Waals surface area contributed by atoms with Crippen molar-refractivity contribution >= 4 is 0 Å². The summed E-state index contributed by atoms with van der Waals surface area (Å²) in [5, 5.41) is 7.93. The van der Waals surface area contributed by atoms with Gasteiger partial charge < -0.3 is 10.1 Å². The molecule has 0 bridgehead atoms. The number of ether oxygens (including phenoxy) is 1. The van der Waals surface area contributed by atoms with Crippen molar-refractivity contribution < 1.29 is 4.74 Å². The molecule has 1 aliphatic rings. The Kier molecular flexibility index (Phi) is 4.96. The molecule has 19 heavy (non-hydrogen) atoms. The molecular weight excluding hydrogens is 240 g/mol. The Balaban J connectivity index is 1.97. The maximum absolute atomic E-state index is 5.61. The number of morpholine rings is 1. The molecule has 1 N–H and O–H groups in total. The van der Waals surface area contributed by atoms with E-state index in [1.54, 1.807) is 0 Å². The van der Waals surface area contributed by atoms with Gasteiger partial charge in [0.2, 0.25) is 0 Å². The lowest BCUT2D eigenvalue weighted by Gasteiger charge is -2.36. The molecule has 0 amide bonds. The van der Waals surface area contributed by atoms with Gasteiger partial charge in [0.05, 0.1) is 24.6 Å². The van der Waals surface area contributed by atoms with Crippen LogP contribution in [-0.2, 0) is 18.3 Å². The van der Waals surface area contributed by atoms with Crippen molar-refractivity contribution in [2.75, 3.05) is 26.3 Å². The predicted molar refractivity (Wildman–Crippen MR) is 76.1 cm³/mol. The summed E-state index contributed by atoms with van der Waals surface area (Å²) >= 11 is 0. The van der Waals surface area contributed by atoms with Crippen LogP contribution >= 0.6 is 0 Å². The van der Waals surface area contributed by atoms with Crippen LogP contribution in [-0.4, -0.2) is 53.1 Å². The van der Waals surface area contributed by atoms with E-state index < -0.39 is 0 Å². The van der Waals surface area contributed by atoms with E-state index in [0.29, 0.717) is 12.1 Å². The van der Waals surface area contributed by atoms with Crippen LogP contribution in [0, 0.1) is 6.92 Å². The van der Waals surface area contributed by atoms with Crippen molar-refractivity contribution in [1.82, 2.24) is 20.0 Å². The van der Waals surface area contributed by atoms with Crippen LogP contribution in [0.2, 0.25) is 0 Å². The van der Waals surface area contributed by atoms with Crippen LogP contribution in [0.5, 0.6) is 0 Å². The first kappa shape index (κ1) is 14.5. The van der Waals surface area contributed by atoms with Crippen molar-refractivity contribution in [1.29, 1.82) is 0 Å². The maximum atomic E-state index is 5.61. The molecule has 5 heteroatoms. The normalized spacial score (nSPS) is 21.2. The van der Waals surface area contributed by atoms with Gasteiger partial charge in [0.15, 0.2) is 0 Å². The van der Waals surface area contributed by atoms with Gasteiger partial charge in [-0.1, -0.05) is 13.8 Å². The molecule has 1 aromatic heterocycles. The molecule has 0 radical (unpaired) electrons. The fourth-order valence-electron chi connectivity index (χ4n) is 2.48. The van der Waals surface area contributed by atoms with Gasteiger partial charge in [0.25, 0.3) is 0 Å². The summed E-state index contributed by atoms with van der Waals surface area (Å²) in [5.41, 5.74) is 2.36. The Morgan fingerprint density at radius 2 is 2.32 bits per heavy atom. The predicted octanol–water partition coefficient (Wildman–Crippen LogP) is 0.927. The van der Waals surface area contributed by atoms with Crippen molar-refractivity contribution in [3.63, 3.8) is 0 Å². The second-order valence-electron chi connectivity index (χ2n) is 5.66. The molecule has 0 aliphatic carbocycles. The Morgan fingerprint density at radius 1 is 1.53 bits per heavy atom. The molecule has 0 saturated carbocycles. The zero-order valence-electron chi connectivity index (χ0n) is 12.5. The van der Waals surface area contributed by atoms with E-state index in [-0.39, 0.29) is 0 Å². The highest BCUT2D eigenvalue weighted by Crippen LogP contribution is 2.12. The zero-order chi connectivity index (χ0) is 13.8. The minimum absolute atomic E-state index is 0.450. The number of hydrogen-bond acceptors (Lipinski definition) is 4. The van der Waals surface area contributed by atoms with Crippen molar-refractivity contribution in [3.05, 3.63) is 17.5 Å². The van der Waals surface area contributed by atoms with Crippen molar-refractivity contribution in [3.8, 4) is 0 Å². The van der Waals surface area contributed by atoms with Crippen molar-refractivity contribution in [2.45, 2.75) is 39.4 Å². The van der Waals surface area contributed by atoms with Crippen LogP contribution in [0.25, 0.3) is 0 Å². The van der Waals surface area contributed by atoms with Gasteiger partial charge in [-0.3, -0.25) is 9.58 Å². The summed E-state index contributed by atoms with van der Waals surface area (Å²) in [7, 11) is 2.02. The van der Waals surface area contributed by atoms with Crippen LogP contribution < -0.4 is 5.32 Å². The van der Waals surface area contributed by atoms with Crippen molar-refractivity contribution in [2.24, 2.45) is 7.05 Å². The number of aromatic nitrogens is 2. The first-order valence-corrected chi connectivity index (χ1v) is 7.11. The topological polar surface area (TPSA) is 42.3 Å². The zero-order valence-corrected chi connectivity index (χ0v) is 12.5. The molecule has 1 aromatic rings. The second-order valence-corrected chi connectivity index (χ2v) is 5.66. The molecule has 1 fully saturated rings. The number of rotatable bonds is 5. The third-order valence-electron chi connectivity index (χ3n) is 3.58. The van der Waals surface area contributed by atoms with Gasteiger partial charge >= 0.3 is 0 Å². The maximum Gasteiger partial charge on any atom is 0.0635 e. The van der Waals surface area contributed by atoms with Gasteiger partial charge in [0.1, 0.15) is 0 Å². The number of nitrogens with zero attached hydrogens (tertiary/aromatic N) is 3. The van der Waals surface area contributed by atoms with Gasteiger partial charge in [-0.15, -0.1) is 0 Å². The highest BCUT2D eigenvalue weighted by Gasteiger charge is 2.23. The average Bonchev–Trinajstić information content (AvgIpc) is 2.67. The molecule has 0 aromatic carbocycles. The quantitative estimate of drug-likeness (QED) is 0.861. The third kappa shape index (κ3) is 4.03. The van der Waals surface area contributed by atoms with E-state index in [0.717, 1.165) is 38.5 Å². The Hall–Kier alpha value is -0.910. The smallest absolute Gasteiger partial charge is 0.0635 e. The Bertz CT molecular complexity index is 402. The molecular formula is C14H26N4O. The lowest BCUT2D eigenvalue weighted by atomic mass is 10.2. The molecule has 1 saturated heterocycles. The highest BCUT2D eigenvalue weighted by atomic mass is 16.5. The van der Waals surface area contributed by atoms with Crippen LogP contribution in [0.15, 0.2) is 6.07 Å². The summed E-state index contributed by atoms with van der Waals surface area (Å²) in [4.78, 5) is 2.50. The van der Waals surface area contributed by atoms with E-state index in [2.05, 4.69) is 35.2 Å². The molecule has 1 atom stereocenters. The second kappa shape index (κ2) is 6.50. The molecule has 2 rings (SSSR count). The monoisotopic (exact) mass is 266 g/mol. The molecule has 5 nitrogen and oxygen atoms in total. The Morgan fingerprint density at radius 3 is 2.95 bits per heavy atom. The van der Waals surface area contributed by atoms with Gasteiger partial charge in [-0.05, 0) is 13.0 Å². The largest absolute Gasteiger partial charge is 0.378 e. The van der Waals surface area contributed by atoms with E-state index in [1.807, 2.05) is 18.7 Å². The third-order valence-corrected chi connectivity index (χ3v) is 3.58. The van der Waals surface area contributed by atoms with Gasteiger partial charge in [-0.2, -0.15) is 5.10 Å². The first-order chi connectivity index (χ1) is 9.06. The van der Waals surface area contributed by atoms with Crippen LogP contribution in [0.1, 0.15) is 25.2 Å². The van der Waals surface area contributed by atoms with E-state index in [1.165, 1.54) is 5.69 Å². The average molecular weight is 266 g/mol. The van der Waals surface area contributed by atoms with Crippen LogP contribution in [0.3, 0.4) is 0 Å². The number of aryl methyl sites for hydroxylation is 2. The molecule has 0 spiro atoms. The number of nitrogens with one attached hydrogen (secondary N) is 1. The van der Waals surface area contributed by atoms with Gasteiger partial charge in [-0.25, -0.2) is 0 Å². The number of hydrogen-bond donors (Lipinski definition) is 1. The first-order valence-electron chi connectivity index (χ1n) is 7.11. The minimum Gasteiger partial charge on any atom is -0.378 e. The fraction of sp³-hybridized carbons (Fsp3) is 0.786. The summed E-state index contributed by atoms with van der Waals surface area (Å²) in [6.45, 7) is 11.0. The standard InChI is InChI=1S/C14H26N4O/c1-11(2)15-8-14-10-19-6-5-18(14)9-13-7-12(3)16-17(13)4/h7,11,14-15H,5-6,8-10H2,1-4H3. The van der Waals surface area contributed by atoms with E-state index in [9.17, 15) is 0 Å². The lowest BCUT2D eigenvalue weighted by Crippen LogP contribution is -2.50. The van der Waals surface area contributed by atoms with Crippen LogP contribution in [0.4, 0.5) is 0 Å². The fourth-order valence-corrected chi connectivity index (χ4v) is 2.48. The molecule has 2 heterocycles. The van der Waals surface area contributed by atoms with E-state index in [4.69, 9.17) is 4.74 Å². The summed E-state index contributed by atoms with van der Waals surface area (Å²) in [6, 6.07) is 3.14. The van der Waals surface area contributed by atoms with Gasteiger partial charge in [0, 0.05) is 38.8 Å². The Labute approximate surface area is 115 Å². The summed E-state index contributed by atoms with van der Waals surface area (Å²) < 4.78 is 7.60. The minimum atomic E-state index is 0.450. The van der Waals surface area contributed by atoms with E-state index >= 15 is 0 Å². The molecule has 1 unspecified atom stereocenters. The SMILES string of the molecule is Cc1cc(CN2CCOCC2CNC(C)C)n(C)n1. The highest BCUT2D eigenvalue weighted by molar-refractivity contribution is 5.08. The summed E-state index contributed by atoms with van der Waals surface area (Å²) in [6.07, 6.45) is 0. The molecule has 108 valence electrons. The summed E-state index contributed by atoms with van der Waals surface area (Å²) in [5.74, 6) is 0. The lowest BCUT2D eigenvalue weighted by molar-refractivity contribution is -0.0124.